The summed E-state index contributed by atoms with van der Waals surface area (Å²) in [5.74, 6) is 2.07. The van der Waals surface area contributed by atoms with E-state index in [0.717, 1.165) is 59.7 Å². The van der Waals surface area contributed by atoms with E-state index in [2.05, 4.69) is 11.1 Å². The van der Waals surface area contributed by atoms with Crippen LogP contribution in [-0.2, 0) is 4.74 Å². The van der Waals surface area contributed by atoms with E-state index >= 15 is 0 Å². The number of pyridine rings is 1. The van der Waals surface area contributed by atoms with Crippen molar-refractivity contribution in [1.29, 1.82) is 0 Å². The van der Waals surface area contributed by atoms with Gasteiger partial charge < -0.3 is 18.9 Å². The molecule has 1 N–H and O–H groups in total. The van der Waals surface area contributed by atoms with Gasteiger partial charge >= 0.3 is 0 Å². The van der Waals surface area contributed by atoms with Gasteiger partial charge in [-0.05, 0) is 48.2 Å². The quantitative estimate of drug-likeness (QED) is 0.797. The van der Waals surface area contributed by atoms with Gasteiger partial charge in [-0.25, -0.2) is 0 Å². The zero-order chi connectivity index (χ0) is 16.5. The summed E-state index contributed by atoms with van der Waals surface area (Å²) in [4.78, 5) is 14.0. The summed E-state index contributed by atoms with van der Waals surface area (Å²) in [7, 11) is 1.64. The maximum atomic E-state index is 11.3. The fraction of sp³-hybridized carbons (Fsp3) is 0.316. The molecule has 1 aromatic carbocycles. The van der Waals surface area contributed by atoms with Gasteiger partial charge in [0.25, 0.3) is 0 Å². The lowest BCUT2D eigenvalue weighted by atomic mass is 9.96. The highest BCUT2D eigenvalue weighted by Crippen LogP contribution is 2.39. The Morgan fingerprint density at radius 1 is 1.17 bits per heavy atom. The monoisotopic (exact) mass is 325 g/mol. The van der Waals surface area contributed by atoms with Gasteiger partial charge in [-0.1, -0.05) is 0 Å². The fourth-order valence-electron chi connectivity index (χ4n) is 3.29. The standard InChI is InChI=1S/C19H19NO4/c1-22-16-4-3-14(13-2-5-18(21)20-11-13)15-10-17(24-19(15)16)12-6-8-23-9-7-12/h2-5,10-12H,6-9H2,1H3,(H,20,21). The molecular weight excluding hydrogens is 306 g/mol. The third-order valence-corrected chi connectivity index (χ3v) is 4.61. The first-order chi connectivity index (χ1) is 11.8. The first-order valence-electron chi connectivity index (χ1n) is 8.13. The summed E-state index contributed by atoms with van der Waals surface area (Å²) in [6.07, 6.45) is 3.66. The van der Waals surface area contributed by atoms with Crippen molar-refractivity contribution in [1.82, 2.24) is 4.98 Å². The molecule has 124 valence electrons. The molecule has 0 bridgehead atoms. The number of hydrogen-bond donors (Lipinski definition) is 1. The smallest absolute Gasteiger partial charge is 0.247 e. The summed E-state index contributed by atoms with van der Waals surface area (Å²) in [5, 5.41) is 1.00. The zero-order valence-corrected chi connectivity index (χ0v) is 13.5. The molecule has 0 radical (unpaired) electrons. The van der Waals surface area contributed by atoms with E-state index in [0.29, 0.717) is 5.92 Å². The lowest BCUT2D eigenvalue weighted by molar-refractivity contribution is 0.0810. The maximum Gasteiger partial charge on any atom is 0.247 e. The lowest BCUT2D eigenvalue weighted by Crippen LogP contribution is -2.13. The number of fused-ring (bicyclic) bond motifs is 1. The van der Waals surface area contributed by atoms with Crippen LogP contribution in [0.15, 0.2) is 45.7 Å². The van der Waals surface area contributed by atoms with Crippen molar-refractivity contribution in [3.05, 3.63) is 52.6 Å². The van der Waals surface area contributed by atoms with Crippen LogP contribution in [0.4, 0.5) is 0 Å². The van der Waals surface area contributed by atoms with Crippen LogP contribution >= 0.6 is 0 Å². The van der Waals surface area contributed by atoms with Gasteiger partial charge in [0.2, 0.25) is 5.56 Å². The highest BCUT2D eigenvalue weighted by molar-refractivity contribution is 5.97. The molecule has 3 heterocycles. The molecule has 0 aliphatic carbocycles. The van der Waals surface area contributed by atoms with Gasteiger partial charge in [0.05, 0.1) is 7.11 Å². The predicted octanol–water partition coefficient (Wildman–Crippen LogP) is 3.69. The molecule has 1 aliphatic heterocycles. The van der Waals surface area contributed by atoms with E-state index < -0.39 is 0 Å². The van der Waals surface area contributed by atoms with Crippen LogP contribution in [0.2, 0.25) is 0 Å². The predicted molar refractivity (Wildman–Crippen MR) is 91.6 cm³/mol. The molecular formula is C19H19NO4. The van der Waals surface area contributed by atoms with E-state index in [1.807, 2.05) is 18.2 Å². The molecule has 1 aliphatic rings. The Hall–Kier alpha value is -2.53. The van der Waals surface area contributed by atoms with Gasteiger partial charge in [0.1, 0.15) is 5.76 Å². The number of furan rings is 1. The minimum atomic E-state index is -0.112. The molecule has 3 aromatic rings. The highest BCUT2D eigenvalue weighted by atomic mass is 16.5. The first-order valence-corrected chi connectivity index (χ1v) is 8.13. The van der Waals surface area contributed by atoms with Gasteiger partial charge in [0, 0.05) is 36.8 Å². The Labute approximate surface area is 139 Å². The number of H-pyrrole nitrogens is 1. The second-order valence-electron chi connectivity index (χ2n) is 6.04. The Bertz CT molecular complexity index is 898. The molecule has 2 aromatic heterocycles. The Morgan fingerprint density at radius 3 is 2.71 bits per heavy atom. The van der Waals surface area contributed by atoms with Gasteiger partial charge in [-0.15, -0.1) is 0 Å². The number of methoxy groups -OCH3 is 1. The third-order valence-electron chi connectivity index (χ3n) is 4.61. The second-order valence-corrected chi connectivity index (χ2v) is 6.04. The zero-order valence-electron chi connectivity index (χ0n) is 13.5. The van der Waals surface area contributed by atoms with Crippen molar-refractivity contribution in [3.63, 3.8) is 0 Å². The minimum absolute atomic E-state index is 0.112. The van der Waals surface area contributed by atoms with E-state index in [1.165, 1.54) is 6.07 Å². The highest BCUT2D eigenvalue weighted by Gasteiger charge is 2.22. The Morgan fingerprint density at radius 2 is 2.00 bits per heavy atom. The Kier molecular flexibility index (Phi) is 3.86. The van der Waals surface area contributed by atoms with Crippen molar-refractivity contribution in [2.45, 2.75) is 18.8 Å². The third kappa shape index (κ3) is 2.61. The fourth-order valence-corrected chi connectivity index (χ4v) is 3.29. The van der Waals surface area contributed by atoms with Crippen LogP contribution in [-0.4, -0.2) is 25.3 Å². The van der Waals surface area contributed by atoms with Crippen LogP contribution in [0.3, 0.4) is 0 Å². The molecule has 24 heavy (non-hydrogen) atoms. The van der Waals surface area contributed by atoms with Gasteiger partial charge in [-0.3, -0.25) is 4.79 Å². The van der Waals surface area contributed by atoms with Crippen molar-refractivity contribution in [2.75, 3.05) is 20.3 Å². The second kappa shape index (κ2) is 6.17. The minimum Gasteiger partial charge on any atom is -0.493 e. The molecule has 0 spiro atoms. The van der Waals surface area contributed by atoms with Crippen molar-refractivity contribution in [2.24, 2.45) is 0 Å². The molecule has 1 fully saturated rings. The average Bonchev–Trinajstić information content (AvgIpc) is 3.08. The number of hydrogen-bond acceptors (Lipinski definition) is 4. The van der Waals surface area contributed by atoms with E-state index in [9.17, 15) is 4.79 Å². The van der Waals surface area contributed by atoms with Crippen LogP contribution in [0, 0.1) is 0 Å². The van der Waals surface area contributed by atoms with Crippen LogP contribution in [0.25, 0.3) is 22.1 Å². The number of aromatic nitrogens is 1. The first kappa shape index (κ1) is 15.0. The van der Waals surface area contributed by atoms with Crippen molar-refractivity contribution < 1.29 is 13.9 Å². The lowest BCUT2D eigenvalue weighted by Gasteiger charge is -2.19. The van der Waals surface area contributed by atoms with Gasteiger partial charge in [0.15, 0.2) is 11.3 Å². The van der Waals surface area contributed by atoms with E-state index in [4.69, 9.17) is 13.9 Å². The van der Waals surface area contributed by atoms with Crippen LogP contribution in [0.1, 0.15) is 24.5 Å². The summed E-state index contributed by atoms with van der Waals surface area (Å²) < 4.78 is 17.1. The molecule has 0 saturated carbocycles. The summed E-state index contributed by atoms with van der Waals surface area (Å²) in [6.45, 7) is 1.54. The number of aromatic amines is 1. The SMILES string of the molecule is COc1ccc(-c2ccc(=O)[nH]c2)c2cc(C3CCOCC3)oc12. The van der Waals surface area contributed by atoms with Crippen LogP contribution in [0.5, 0.6) is 5.75 Å². The molecule has 0 unspecified atom stereocenters. The van der Waals surface area contributed by atoms with Crippen LogP contribution < -0.4 is 10.3 Å². The molecule has 1 saturated heterocycles. The average molecular weight is 325 g/mol. The maximum absolute atomic E-state index is 11.3. The molecule has 5 nitrogen and oxygen atoms in total. The topological polar surface area (TPSA) is 64.5 Å². The number of ether oxygens (including phenoxy) is 2. The number of rotatable bonds is 3. The summed E-state index contributed by atoms with van der Waals surface area (Å²) >= 11 is 0. The largest absolute Gasteiger partial charge is 0.493 e. The van der Waals surface area contributed by atoms with Crippen molar-refractivity contribution in [3.8, 4) is 16.9 Å². The molecule has 5 heteroatoms. The number of benzene rings is 1. The molecule has 0 amide bonds. The van der Waals surface area contributed by atoms with Crippen molar-refractivity contribution >= 4 is 11.0 Å². The van der Waals surface area contributed by atoms with E-state index in [1.54, 1.807) is 13.3 Å². The molecule has 0 atom stereocenters. The van der Waals surface area contributed by atoms with E-state index in [-0.39, 0.29) is 5.56 Å². The Balaban J connectivity index is 1.86. The summed E-state index contributed by atoms with van der Waals surface area (Å²) in [6, 6.07) is 9.36. The summed E-state index contributed by atoms with van der Waals surface area (Å²) in [5.41, 5.74) is 2.60. The molecule has 4 rings (SSSR count). The normalized spacial score (nSPS) is 15.7. The van der Waals surface area contributed by atoms with Gasteiger partial charge in [-0.2, -0.15) is 0 Å². The number of nitrogens with one attached hydrogen (secondary N) is 1.